The molecule has 2 atom stereocenters. The van der Waals surface area contributed by atoms with E-state index in [4.69, 9.17) is 10.3 Å². The summed E-state index contributed by atoms with van der Waals surface area (Å²) >= 11 is 0. The molecule has 0 bridgehead atoms. The highest BCUT2D eigenvalue weighted by Gasteiger charge is 2.29. The Morgan fingerprint density at radius 1 is 1.69 bits per heavy atom. The fourth-order valence-electron chi connectivity index (χ4n) is 2.12. The Balaban J connectivity index is 2.10. The van der Waals surface area contributed by atoms with Crippen LogP contribution in [-0.4, -0.2) is 34.6 Å². The summed E-state index contributed by atoms with van der Waals surface area (Å²) in [5.41, 5.74) is 6.25. The summed E-state index contributed by atoms with van der Waals surface area (Å²) in [5, 5.41) is 3.75. The minimum Gasteiger partial charge on any atom is -0.361 e. The number of rotatable bonds is 1. The molecule has 0 spiro atoms. The van der Waals surface area contributed by atoms with Crippen molar-refractivity contribution in [2.45, 2.75) is 38.8 Å². The average molecular weight is 223 g/mol. The lowest BCUT2D eigenvalue weighted by molar-refractivity contribution is 0.0608. The Morgan fingerprint density at radius 2 is 2.44 bits per heavy atom. The number of hydrogen-bond acceptors (Lipinski definition) is 4. The molecule has 88 valence electrons. The van der Waals surface area contributed by atoms with Crippen LogP contribution in [0, 0.1) is 6.92 Å². The standard InChI is InChI=1S/C11H17N3O2/c1-7-5-9(12)3-4-14(7)11(15)10-6-8(2)16-13-10/h6-7,9H,3-5,12H2,1-2H3. The number of likely N-dealkylation sites (tertiary alicyclic amines) is 1. The number of nitrogens with two attached hydrogens (primary N) is 1. The van der Waals surface area contributed by atoms with E-state index in [2.05, 4.69) is 5.16 Å². The second kappa shape index (κ2) is 4.25. The molecule has 5 heteroatoms. The molecule has 0 saturated carbocycles. The predicted octanol–water partition coefficient (Wildman–Crippen LogP) is 0.935. The van der Waals surface area contributed by atoms with Gasteiger partial charge in [0.25, 0.3) is 5.91 Å². The number of aryl methyl sites for hydroxylation is 1. The van der Waals surface area contributed by atoms with Gasteiger partial charge in [0.05, 0.1) is 0 Å². The van der Waals surface area contributed by atoms with Gasteiger partial charge in [-0.15, -0.1) is 0 Å². The lowest BCUT2D eigenvalue weighted by atomic mass is 9.99. The number of piperidine rings is 1. The average Bonchev–Trinajstić information content (AvgIpc) is 2.64. The first kappa shape index (κ1) is 11.1. The van der Waals surface area contributed by atoms with Crippen LogP contribution in [0.2, 0.25) is 0 Å². The van der Waals surface area contributed by atoms with Gasteiger partial charge in [0.1, 0.15) is 5.76 Å². The third-order valence-corrected chi connectivity index (χ3v) is 3.02. The lowest BCUT2D eigenvalue weighted by Crippen LogP contribution is -2.48. The van der Waals surface area contributed by atoms with Gasteiger partial charge in [0, 0.05) is 24.7 Å². The van der Waals surface area contributed by atoms with Gasteiger partial charge in [-0.2, -0.15) is 0 Å². The molecule has 1 saturated heterocycles. The van der Waals surface area contributed by atoms with Gasteiger partial charge in [-0.3, -0.25) is 4.79 Å². The first-order chi connectivity index (χ1) is 7.58. The Morgan fingerprint density at radius 3 is 3.00 bits per heavy atom. The molecule has 0 aromatic carbocycles. The highest BCUT2D eigenvalue weighted by Crippen LogP contribution is 2.18. The zero-order chi connectivity index (χ0) is 11.7. The van der Waals surface area contributed by atoms with Crippen molar-refractivity contribution in [3.05, 3.63) is 17.5 Å². The van der Waals surface area contributed by atoms with Gasteiger partial charge < -0.3 is 15.2 Å². The van der Waals surface area contributed by atoms with Crippen LogP contribution in [0.15, 0.2) is 10.6 Å². The fourth-order valence-corrected chi connectivity index (χ4v) is 2.12. The van der Waals surface area contributed by atoms with E-state index in [9.17, 15) is 4.79 Å². The minimum absolute atomic E-state index is 0.0590. The second-order valence-corrected chi connectivity index (χ2v) is 4.45. The topological polar surface area (TPSA) is 72.4 Å². The summed E-state index contributed by atoms with van der Waals surface area (Å²) in [6.45, 7) is 4.50. The van der Waals surface area contributed by atoms with Crippen LogP contribution in [-0.2, 0) is 0 Å². The van der Waals surface area contributed by atoms with Crippen molar-refractivity contribution in [3.8, 4) is 0 Å². The third kappa shape index (κ3) is 2.09. The molecule has 1 amide bonds. The molecular formula is C11H17N3O2. The maximum Gasteiger partial charge on any atom is 0.276 e. The normalized spacial score (nSPS) is 25.8. The first-order valence-electron chi connectivity index (χ1n) is 5.58. The van der Waals surface area contributed by atoms with E-state index in [0.717, 1.165) is 12.8 Å². The summed E-state index contributed by atoms with van der Waals surface area (Å²) in [6, 6.07) is 2.05. The molecule has 1 aromatic rings. The molecule has 1 aliphatic heterocycles. The molecule has 0 aliphatic carbocycles. The zero-order valence-electron chi connectivity index (χ0n) is 9.64. The molecule has 1 aliphatic rings. The van der Waals surface area contributed by atoms with Crippen LogP contribution >= 0.6 is 0 Å². The molecule has 1 fully saturated rings. The van der Waals surface area contributed by atoms with E-state index in [-0.39, 0.29) is 18.0 Å². The Bertz CT molecular complexity index is 388. The van der Waals surface area contributed by atoms with Gasteiger partial charge in [-0.05, 0) is 26.7 Å². The summed E-state index contributed by atoms with van der Waals surface area (Å²) in [7, 11) is 0. The van der Waals surface area contributed by atoms with Crippen molar-refractivity contribution in [2.24, 2.45) is 5.73 Å². The van der Waals surface area contributed by atoms with E-state index < -0.39 is 0 Å². The van der Waals surface area contributed by atoms with Crippen LogP contribution in [0.5, 0.6) is 0 Å². The second-order valence-electron chi connectivity index (χ2n) is 4.45. The summed E-state index contributed by atoms with van der Waals surface area (Å²) in [4.78, 5) is 13.9. The highest BCUT2D eigenvalue weighted by atomic mass is 16.5. The van der Waals surface area contributed by atoms with E-state index in [1.165, 1.54) is 0 Å². The molecule has 0 radical (unpaired) electrons. The van der Waals surface area contributed by atoms with Crippen molar-refractivity contribution in [1.29, 1.82) is 0 Å². The van der Waals surface area contributed by atoms with Gasteiger partial charge in [0.2, 0.25) is 0 Å². The largest absolute Gasteiger partial charge is 0.361 e. The number of nitrogens with zero attached hydrogens (tertiary/aromatic N) is 2. The number of carbonyl (C=O) groups excluding carboxylic acids is 1. The molecular weight excluding hydrogens is 206 g/mol. The van der Waals surface area contributed by atoms with Crippen LogP contribution in [0.1, 0.15) is 36.0 Å². The van der Waals surface area contributed by atoms with E-state index >= 15 is 0 Å². The first-order valence-corrected chi connectivity index (χ1v) is 5.58. The summed E-state index contributed by atoms with van der Waals surface area (Å²) in [5.74, 6) is 0.598. The zero-order valence-corrected chi connectivity index (χ0v) is 9.64. The van der Waals surface area contributed by atoms with E-state index in [0.29, 0.717) is 18.0 Å². The number of amides is 1. The van der Waals surface area contributed by atoms with Crippen molar-refractivity contribution in [1.82, 2.24) is 10.1 Å². The van der Waals surface area contributed by atoms with Gasteiger partial charge in [-0.1, -0.05) is 5.16 Å². The van der Waals surface area contributed by atoms with Crippen LogP contribution in [0.4, 0.5) is 0 Å². The molecule has 1 aromatic heterocycles. The van der Waals surface area contributed by atoms with Gasteiger partial charge in [-0.25, -0.2) is 0 Å². The predicted molar refractivity (Wildman–Crippen MR) is 58.9 cm³/mol. The van der Waals surface area contributed by atoms with E-state index in [1.54, 1.807) is 13.0 Å². The molecule has 2 rings (SSSR count). The van der Waals surface area contributed by atoms with Crippen LogP contribution in [0.25, 0.3) is 0 Å². The Kier molecular flexibility index (Phi) is 2.96. The van der Waals surface area contributed by atoms with Crippen molar-refractivity contribution in [3.63, 3.8) is 0 Å². The summed E-state index contributed by atoms with van der Waals surface area (Å²) in [6.07, 6.45) is 1.70. The SMILES string of the molecule is Cc1cc(C(=O)N2CCC(N)CC2C)no1. The van der Waals surface area contributed by atoms with Crippen molar-refractivity contribution in [2.75, 3.05) is 6.54 Å². The quantitative estimate of drug-likeness (QED) is 0.768. The number of hydrogen-bond donors (Lipinski definition) is 1. The van der Waals surface area contributed by atoms with Crippen LogP contribution in [0.3, 0.4) is 0 Å². The van der Waals surface area contributed by atoms with Crippen molar-refractivity contribution < 1.29 is 9.32 Å². The molecule has 2 N–H and O–H groups in total. The number of carbonyl (C=O) groups is 1. The molecule has 2 heterocycles. The fraction of sp³-hybridized carbons (Fsp3) is 0.636. The van der Waals surface area contributed by atoms with Crippen LogP contribution < -0.4 is 5.73 Å². The Labute approximate surface area is 94.6 Å². The molecule has 5 nitrogen and oxygen atoms in total. The van der Waals surface area contributed by atoms with Crippen molar-refractivity contribution >= 4 is 5.91 Å². The molecule has 2 unspecified atom stereocenters. The minimum atomic E-state index is -0.0590. The van der Waals surface area contributed by atoms with Gasteiger partial charge in [0.15, 0.2) is 5.69 Å². The smallest absolute Gasteiger partial charge is 0.276 e. The monoisotopic (exact) mass is 223 g/mol. The maximum atomic E-state index is 12.1. The lowest BCUT2D eigenvalue weighted by Gasteiger charge is -2.35. The highest BCUT2D eigenvalue weighted by molar-refractivity contribution is 5.92. The summed E-state index contributed by atoms with van der Waals surface area (Å²) < 4.78 is 4.91. The van der Waals surface area contributed by atoms with E-state index in [1.807, 2.05) is 11.8 Å². The third-order valence-electron chi connectivity index (χ3n) is 3.02. The number of aromatic nitrogens is 1. The molecule has 16 heavy (non-hydrogen) atoms. The van der Waals surface area contributed by atoms with Gasteiger partial charge >= 0.3 is 0 Å². The maximum absolute atomic E-state index is 12.1. The Hall–Kier alpha value is -1.36.